The fourth-order valence-corrected chi connectivity index (χ4v) is 2.11. The maximum Gasteiger partial charge on any atom is 0.478 e. The summed E-state index contributed by atoms with van der Waals surface area (Å²) in [6.45, 7) is 5.52. The lowest BCUT2D eigenvalue weighted by atomic mass is 9.72. The van der Waals surface area contributed by atoms with E-state index >= 15 is 0 Å². The molecule has 7 nitrogen and oxygen atoms in total. The largest absolute Gasteiger partial charge is 0.481 e. The average Bonchev–Trinajstić information content (AvgIpc) is 2.41. The fraction of sp³-hybridized carbons (Fsp3) is 0.500. The summed E-state index contributed by atoms with van der Waals surface area (Å²) in [5, 5.41) is 21.2. The van der Waals surface area contributed by atoms with Crippen LogP contribution in [0.2, 0.25) is 0 Å². The van der Waals surface area contributed by atoms with E-state index in [0.717, 1.165) is 0 Å². The lowest BCUT2D eigenvalue weighted by molar-refractivity contribution is -0.139. The Bertz CT molecular complexity index is 478. The van der Waals surface area contributed by atoms with Gasteiger partial charge in [-0.25, -0.2) is 0 Å². The van der Waals surface area contributed by atoms with Gasteiger partial charge in [0.25, 0.3) is 0 Å². The van der Waals surface area contributed by atoms with Crippen molar-refractivity contribution < 1.29 is 24.4 Å². The molecule has 0 bridgehead atoms. The molecule has 1 rings (SSSR count). The Hall–Kier alpha value is -1.93. The molecule has 0 unspecified atom stereocenters. The highest BCUT2D eigenvalue weighted by Gasteiger charge is 2.36. The van der Waals surface area contributed by atoms with E-state index in [-0.39, 0.29) is 18.7 Å². The molecule has 22 heavy (non-hydrogen) atoms. The second-order valence-corrected chi connectivity index (χ2v) is 5.06. The van der Waals surface area contributed by atoms with Crippen LogP contribution in [0, 0.1) is 0 Å². The third-order valence-electron chi connectivity index (χ3n) is 3.16. The first-order chi connectivity index (χ1) is 10.4. The molecule has 0 aromatic heterocycles. The number of carboxylic acids is 1. The molecule has 0 aromatic carbocycles. The summed E-state index contributed by atoms with van der Waals surface area (Å²) in [5.41, 5.74) is 0.595. The van der Waals surface area contributed by atoms with Crippen LogP contribution in [0.5, 0.6) is 0 Å². The topological polar surface area (TPSA) is 108 Å². The number of aliphatic imine (C=N–C) groups is 1. The maximum absolute atomic E-state index is 11.9. The summed E-state index contributed by atoms with van der Waals surface area (Å²) >= 11 is 0. The minimum absolute atomic E-state index is 0.0948. The quantitative estimate of drug-likeness (QED) is 0.364. The Labute approximate surface area is 129 Å². The number of hydrogen-bond donors (Lipinski definition) is 3. The van der Waals surface area contributed by atoms with Gasteiger partial charge >= 0.3 is 13.1 Å². The van der Waals surface area contributed by atoms with Crippen LogP contribution in [-0.2, 0) is 14.2 Å². The summed E-state index contributed by atoms with van der Waals surface area (Å²) in [6.07, 6.45) is 5.15. The molecule has 1 fully saturated rings. The van der Waals surface area contributed by atoms with Crippen molar-refractivity contribution in [1.82, 2.24) is 5.32 Å². The number of carbonyl (C=O) groups excluding carboxylic acids is 1. The summed E-state index contributed by atoms with van der Waals surface area (Å²) < 4.78 is 5.20. The SMILES string of the molecule is C=C(/C=C\N=CC)CC(=O)N[C@H]1CC[C@@H](CC(=O)O)OB1O. The summed E-state index contributed by atoms with van der Waals surface area (Å²) in [7, 11) is -1.20. The second kappa shape index (κ2) is 9.17. The van der Waals surface area contributed by atoms with Gasteiger partial charge in [0.2, 0.25) is 5.91 Å². The second-order valence-electron chi connectivity index (χ2n) is 5.06. The molecule has 1 aliphatic rings. The summed E-state index contributed by atoms with van der Waals surface area (Å²) in [6, 6.07) is 0. The smallest absolute Gasteiger partial charge is 0.478 e. The highest BCUT2D eigenvalue weighted by molar-refractivity contribution is 6.45. The van der Waals surface area contributed by atoms with E-state index in [1.807, 2.05) is 0 Å². The van der Waals surface area contributed by atoms with Crippen LogP contribution >= 0.6 is 0 Å². The Balaban J connectivity index is 2.39. The molecule has 0 aromatic rings. The number of rotatable bonds is 7. The van der Waals surface area contributed by atoms with Gasteiger partial charge in [0, 0.05) is 12.4 Å². The number of nitrogens with one attached hydrogen (secondary N) is 1. The van der Waals surface area contributed by atoms with Crippen molar-refractivity contribution in [3.8, 4) is 0 Å². The van der Waals surface area contributed by atoms with Gasteiger partial charge in [-0.3, -0.25) is 14.6 Å². The molecule has 2 atom stereocenters. The van der Waals surface area contributed by atoms with Crippen molar-refractivity contribution in [3.63, 3.8) is 0 Å². The van der Waals surface area contributed by atoms with Crippen LogP contribution in [0.25, 0.3) is 0 Å². The van der Waals surface area contributed by atoms with E-state index < -0.39 is 25.1 Å². The highest BCUT2D eigenvalue weighted by Crippen LogP contribution is 2.18. The molecule has 0 spiro atoms. The van der Waals surface area contributed by atoms with Gasteiger partial charge in [0.1, 0.15) is 0 Å². The van der Waals surface area contributed by atoms with Crippen LogP contribution in [0.4, 0.5) is 0 Å². The number of carbonyl (C=O) groups is 2. The molecular weight excluding hydrogens is 287 g/mol. The fourth-order valence-electron chi connectivity index (χ4n) is 2.11. The lowest BCUT2D eigenvalue weighted by Crippen LogP contribution is -2.52. The third kappa shape index (κ3) is 6.69. The number of carboxylic acid groups (broad SMARTS) is 1. The molecule has 1 saturated heterocycles. The van der Waals surface area contributed by atoms with Gasteiger partial charge in [-0.15, -0.1) is 0 Å². The van der Waals surface area contributed by atoms with Gasteiger partial charge in [-0.2, -0.15) is 0 Å². The van der Waals surface area contributed by atoms with Gasteiger partial charge in [0.05, 0.1) is 24.9 Å². The molecule has 1 heterocycles. The first-order valence-corrected chi connectivity index (χ1v) is 7.09. The maximum atomic E-state index is 11.9. The molecular formula is C14H21BN2O5. The Morgan fingerprint density at radius 3 is 2.82 bits per heavy atom. The highest BCUT2D eigenvalue weighted by atomic mass is 16.5. The van der Waals surface area contributed by atoms with Gasteiger partial charge < -0.3 is 20.1 Å². The standard InChI is InChI=1S/C14H21BN2O5/c1-3-16-7-6-10(2)8-13(18)17-12-5-4-11(9-14(19)20)22-15(12)21/h3,6-7,11-12,21H,2,4-5,8-9H2,1H3,(H,17,18)(H,19,20)/b7-6-,16-3?/t11-,12-/m0/s1. The van der Waals surface area contributed by atoms with E-state index in [1.54, 1.807) is 25.4 Å². The first kappa shape index (κ1) is 18.1. The van der Waals surface area contributed by atoms with E-state index in [9.17, 15) is 14.6 Å². The summed E-state index contributed by atoms with van der Waals surface area (Å²) in [5.74, 6) is -1.79. The average molecular weight is 308 g/mol. The predicted molar refractivity (Wildman–Crippen MR) is 83.3 cm³/mol. The molecule has 3 N–H and O–H groups in total. The van der Waals surface area contributed by atoms with Gasteiger partial charge in [-0.05, 0) is 31.4 Å². The molecule has 0 aliphatic carbocycles. The van der Waals surface area contributed by atoms with Crippen molar-refractivity contribution in [1.29, 1.82) is 0 Å². The monoisotopic (exact) mass is 308 g/mol. The molecule has 0 radical (unpaired) electrons. The van der Waals surface area contributed by atoms with Crippen molar-refractivity contribution in [2.75, 3.05) is 0 Å². The van der Waals surface area contributed by atoms with Crippen molar-refractivity contribution >= 4 is 25.2 Å². The summed E-state index contributed by atoms with van der Waals surface area (Å²) in [4.78, 5) is 26.3. The van der Waals surface area contributed by atoms with Crippen LogP contribution in [0.1, 0.15) is 32.6 Å². The third-order valence-corrected chi connectivity index (χ3v) is 3.16. The zero-order chi connectivity index (χ0) is 16.5. The zero-order valence-electron chi connectivity index (χ0n) is 12.6. The first-order valence-electron chi connectivity index (χ1n) is 7.09. The normalized spacial score (nSPS) is 22.2. The van der Waals surface area contributed by atoms with E-state index in [0.29, 0.717) is 18.4 Å². The van der Waals surface area contributed by atoms with Crippen LogP contribution < -0.4 is 5.32 Å². The Kier molecular flexibility index (Phi) is 7.55. The molecule has 120 valence electrons. The number of amides is 1. The lowest BCUT2D eigenvalue weighted by Gasteiger charge is -2.30. The molecule has 1 aliphatic heterocycles. The van der Waals surface area contributed by atoms with Crippen LogP contribution in [0.15, 0.2) is 29.4 Å². The van der Waals surface area contributed by atoms with E-state index in [1.165, 1.54) is 0 Å². The zero-order valence-corrected chi connectivity index (χ0v) is 12.6. The molecule has 0 saturated carbocycles. The van der Waals surface area contributed by atoms with Crippen molar-refractivity contribution in [2.45, 2.75) is 44.7 Å². The van der Waals surface area contributed by atoms with E-state index in [2.05, 4.69) is 16.9 Å². The van der Waals surface area contributed by atoms with E-state index in [4.69, 9.17) is 9.76 Å². The molecule has 8 heteroatoms. The number of allylic oxidation sites excluding steroid dienone is 1. The van der Waals surface area contributed by atoms with Crippen molar-refractivity contribution in [3.05, 3.63) is 24.4 Å². The van der Waals surface area contributed by atoms with Crippen LogP contribution in [-0.4, -0.2) is 47.4 Å². The predicted octanol–water partition coefficient (Wildman–Crippen LogP) is 0.695. The minimum atomic E-state index is -1.20. The number of nitrogens with zero attached hydrogens (tertiary/aromatic N) is 1. The molecule has 1 amide bonds. The Morgan fingerprint density at radius 2 is 2.23 bits per heavy atom. The number of aliphatic carboxylic acids is 1. The van der Waals surface area contributed by atoms with Crippen molar-refractivity contribution in [2.24, 2.45) is 4.99 Å². The Morgan fingerprint density at radius 1 is 1.50 bits per heavy atom. The van der Waals surface area contributed by atoms with Crippen LogP contribution in [0.3, 0.4) is 0 Å². The van der Waals surface area contributed by atoms with Gasteiger partial charge in [-0.1, -0.05) is 6.58 Å². The number of hydrogen-bond acceptors (Lipinski definition) is 5. The minimum Gasteiger partial charge on any atom is -0.481 e. The van der Waals surface area contributed by atoms with Gasteiger partial charge in [0.15, 0.2) is 0 Å².